The molecule has 2 atom stereocenters. The Labute approximate surface area is 299 Å². The van der Waals surface area contributed by atoms with Crippen LogP contribution in [0.4, 0.5) is 13.6 Å². The van der Waals surface area contributed by atoms with E-state index in [2.05, 4.69) is 30.3 Å². The van der Waals surface area contributed by atoms with Gasteiger partial charge in [0.2, 0.25) is 11.8 Å². The maximum atomic E-state index is 15.1. The number of carbonyl (C=O) groups excluding carboxylic acids is 3. The molecule has 1 heterocycles. The van der Waals surface area contributed by atoms with Crippen LogP contribution >= 0.6 is 0 Å². The number of alkyl carbamates (subject to hydrolysis) is 1. The molecule has 278 valence electrons. The summed E-state index contributed by atoms with van der Waals surface area (Å²) < 4.78 is 36.6. The maximum absolute atomic E-state index is 15.1. The molecule has 4 N–H and O–H groups in total. The van der Waals surface area contributed by atoms with Crippen molar-refractivity contribution in [3.8, 4) is 11.1 Å². The topological polar surface area (TPSA) is 150 Å². The molecule has 0 aliphatic heterocycles. The number of carbonyl (C=O) groups is 4. The number of nitrogens with one attached hydrogen (secondary N) is 2. The molecule has 0 aliphatic rings. The average molecular weight is 729 g/mol. The first-order valence-corrected chi connectivity index (χ1v) is 20.6. The smallest absolute Gasteiger partial charge is 0.407 e. The lowest BCUT2D eigenvalue weighted by Crippen LogP contribution is -2.50. The van der Waals surface area contributed by atoms with E-state index in [1.54, 1.807) is 12.3 Å². The monoisotopic (exact) mass is 728 g/mol. The van der Waals surface area contributed by atoms with E-state index in [1.807, 2.05) is 55.7 Å². The Balaban J connectivity index is 2.04. The highest BCUT2D eigenvalue weighted by molar-refractivity contribution is 6.76. The SMILES string of the molecule is CC(C)(C)[C@H](c1cc(-c2cc(F)ccc2F)cn1Cc1ccccc1)N(CC[C@H](NC(=O)OCC[Si](C)(C)C)C(=O)NCCC(=O)O)C(=O)CO. The number of aliphatic carboxylic acids is 1. The molecule has 51 heavy (non-hydrogen) atoms. The van der Waals surface area contributed by atoms with E-state index in [0.29, 0.717) is 23.8 Å². The van der Waals surface area contributed by atoms with Crippen LogP contribution in [0.5, 0.6) is 0 Å². The fourth-order valence-corrected chi connectivity index (χ4v) is 6.40. The summed E-state index contributed by atoms with van der Waals surface area (Å²) in [5, 5.41) is 24.3. The van der Waals surface area contributed by atoms with Crippen molar-refractivity contribution in [1.29, 1.82) is 0 Å². The van der Waals surface area contributed by atoms with E-state index in [1.165, 1.54) is 4.90 Å². The van der Waals surface area contributed by atoms with Gasteiger partial charge in [-0.15, -0.1) is 0 Å². The van der Waals surface area contributed by atoms with Crippen LogP contribution in [0, 0.1) is 17.0 Å². The van der Waals surface area contributed by atoms with Gasteiger partial charge in [0.15, 0.2) is 0 Å². The molecule has 11 nitrogen and oxygen atoms in total. The van der Waals surface area contributed by atoms with E-state index in [-0.39, 0.29) is 38.1 Å². The number of nitrogens with zero attached hydrogens (tertiary/aromatic N) is 2. The Morgan fingerprint density at radius 3 is 2.31 bits per heavy atom. The van der Waals surface area contributed by atoms with Crippen molar-refractivity contribution in [2.75, 3.05) is 26.3 Å². The van der Waals surface area contributed by atoms with Gasteiger partial charge in [0.1, 0.15) is 24.3 Å². The Morgan fingerprint density at radius 1 is 1.02 bits per heavy atom. The number of aliphatic hydroxyl groups excluding tert-OH is 1. The molecular formula is C37H50F2N4O7Si. The predicted octanol–water partition coefficient (Wildman–Crippen LogP) is 5.80. The molecule has 0 aliphatic carbocycles. The van der Waals surface area contributed by atoms with E-state index < -0.39 is 67.7 Å². The molecule has 3 amide bonds. The first kappa shape index (κ1) is 40.9. The number of benzene rings is 2. The van der Waals surface area contributed by atoms with Crippen LogP contribution in [0.3, 0.4) is 0 Å². The summed E-state index contributed by atoms with van der Waals surface area (Å²) in [4.78, 5) is 52.2. The molecule has 0 saturated heterocycles. The first-order chi connectivity index (χ1) is 23.9. The average Bonchev–Trinajstić information content (AvgIpc) is 3.44. The number of carboxylic acid groups (broad SMARTS) is 1. The van der Waals surface area contributed by atoms with Crippen LogP contribution in [-0.2, 0) is 25.7 Å². The highest BCUT2D eigenvalue weighted by Crippen LogP contribution is 2.41. The van der Waals surface area contributed by atoms with Crippen molar-refractivity contribution in [2.24, 2.45) is 5.41 Å². The summed E-state index contributed by atoms with van der Waals surface area (Å²) in [5.74, 6) is -3.70. The molecule has 0 fully saturated rings. The lowest BCUT2D eigenvalue weighted by molar-refractivity contribution is -0.140. The summed E-state index contributed by atoms with van der Waals surface area (Å²) in [6, 6.07) is 13.0. The quantitative estimate of drug-likeness (QED) is 0.128. The standard InChI is InChI=1S/C37H50F2N4O7Si/c1-37(2,3)34(31-20-26(28-21-27(38)12-13-29(28)39)23-42(31)22-25-10-8-7-9-11-25)43(32(45)24-44)17-15-30(35(48)40-16-14-33(46)47)41-36(49)50-18-19-51(4,5)6/h7-13,20-21,23,30,34,44H,14-19,22,24H2,1-6H3,(H,40,48)(H,41,49)(H,46,47)/t30-,34-/m0/s1. The molecule has 0 unspecified atom stereocenters. The summed E-state index contributed by atoms with van der Waals surface area (Å²) in [6.07, 6.45) is 0.396. The Hall–Kier alpha value is -4.56. The summed E-state index contributed by atoms with van der Waals surface area (Å²) >= 11 is 0. The molecule has 3 rings (SSSR count). The van der Waals surface area contributed by atoms with E-state index in [9.17, 15) is 28.7 Å². The van der Waals surface area contributed by atoms with Gasteiger partial charge in [0, 0.05) is 50.7 Å². The van der Waals surface area contributed by atoms with Crippen LogP contribution in [0.2, 0.25) is 25.7 Å². The number of hydrogen-bond donors (Lipinski definition) is 4. The minimum Gasteiger partial charge on any atom is -0.481 e. The molecule has 0 saturated carbocycles. The third-order valence-corrected chi connectivity index (χ3v) is 9.93. The fraction of sp³-hybridized carbons (Fsp3) is 0.459. The molecule has 1 aromatic heterocycles. The molecule has 0 spiro atoms. The molecule has 2 aromatic carbocycles. The summed E-state index contributed by atoms with van der Waals surface area (Å²) in [7, 11) is -1.53. The largest absolute Gasteiger partial charge is 0.481 e. The molecule has 3 aromatic rings. The van der Waals surface area contributed by atoms with Crippen LogP contribution in [0.25, 0.3) is 11.1 Å². The van der Waals surface area contributed by atoms with Crippen molar-refractivity contribution in [3.05, 3.63) is 83.7 Å². The number of amides is 3. The molecule has 14 heteroatoms. The second-order valence-corrected chi connectivity index (χ2v) is 20.4. The minimum atomic E-state index is -1.53. The Kier molecular flexibility index (Phi) is 14.5. The van der Waals surface area contributed by atoms with Gasteiger partial charge in [0.25, 0.3) is 0 Å². The third-order valence-electron chi connectivity index (χ3n) is 8.22. The van der Waals surface area contributed by atoms with Gasteiger partial charge in [-0.2, -0.15) is 0 Å². The number of ether oxygens (including phenoxy) is 1. The zero-order valence-electron chi connectivity index (χ0n) is 30.2. The van der Waals surface area contributed by atoms with Gasteiger partial charge in [-0.1, -0.05) is 70.7 Å². The van der Waals surface area contributed by atoms with Crippen LogP contribution in [-0.4, -0.2) is 84.0 Å². The number of aromatic nitrogens is 1. The number of halogens is 2. The van der Waals surface area contributed by atoms with Gasteiger partial charge in [0.05, 0.1) is 19.1 Å². The Bertz CT molecular complexity index is 1650. The minimum absolute atomic E-state index is 0.0330. The molecule has 0 bridgehead atoms. The van der Waals surface area contributed by atoms with Gasteiger partial charge >= 0.3 is 12.1 Å². The van der Waals surface area contributed by atoms with E-state index >= 15 is 4.39 Å². The highest BCUT2D eigenvalue weighted by Gasteiger charge is 2.38. The number of rotatable bonds is 17. The summed E-state index contributed by atoms with van der Waals surface area (Å²) in [6.45, 7) is 11.3. The van der Waals surface area contributed by atoms with Crippen molar-refractivity contribution < 1.29 is 42.9 Å². The van der Waals surface area contributed by atoms with Gasteiger partial charge in [-0.3, -0.25) is 14.4 Å². The van der Waals surface area contributed by atoms with Gasteiger partial charge in [-0.05, 0) is 47.7 Å². The van der Waals surface area contributed by atoms with Crippen molar-refractivity contribution in [3.63, 3.8) is 0 Å². The summed E-state index contributed by atoms with van der Waals surface area (Å²) in [5.41, 5.74) is 1.17. The van der Waals surface area contributed by atoms with Crippen molar-refractivity contribution in [1.82, 2.24) is 20.1 Å². The van der Waals surface area contributed by atoms with Gasteiger partial charge in [-0.25, -0.2) is 13.6 Å². The van der Waals surface area contributed by atoms with E-state index in [4.69, 9.17) is 9.84 Å². The second-order valence-electron chi connectivity index (χ2n) is 14.8. The lowest BCUT2D eigenvalue weighted by Gasteiger charge is -2.41. The molecule has 0 radical (unpaired) electrons. The normalized spacial score (nSPS) is 12.9. The first-order valence-electron chi connectivity index (χ1n) is 16.9. The predicted molar refractivity (Wildman–Crippen MR) is 193 cm³/mol. The van der Waals surface area contributed by atoms with Crippen molar-refractivity contribution >= 4 is 32.0 Å². The lowest BCUT2D eigenvalue weighted by atomic mass is 9.82. The zero-order valence-corrected chi connectivity index (χ0v) is 31.2. The number of carboxylic acids is 1. The third kappa shape index (κ3) is 12.6. The van der Waals surface area contributed by atoms with Crippen LogP contribution < -0.4 is 10.6 Å². The van der Waals surface area contributed by atoms with Gasteiger partial charge < -0.3 is 35.1 Å². The highest BCUT2D eigenvalue weighted by atomic mass is 28.3. The second kappa shape index (κ2) is 18.1. The maximum Gasteiger partial charge on any atom is 0.407 e. The van der Waals surface area contributed by atoms with Crippen molar-refractivity contribution in [2.45, 2.75) is 77.9 Å². The number of aliphatic hydroxyl groups is 1. The Morgan fingerprint density at radius 2 is 1.71 bits per heavy atom. The number of hydrogen-bond acceptors (Lipinski definition) is 6. The van der Waals surface area contributed by atoms with E-state index in [0.717, 1.165) is 23.8 Å². The van der Waals surface area contributed by atoms with Crippen LogP contribution in [0.1, 0.15) is 50.9 Å². The fourth-order valence-electron chi connectivity index (χ4n) is 5.69. The van der Waals surface area contributed by atoms with Crippen LogP contribution in [0.15, 0.2) is 60.8 Å². The molecular weight excluding hydrogens is 679 g/mol. The zero-order chi connectivity index (χ0) is 37.9.